The average molecular weight is 203 g/mol. The van der Waals surface area contributed by atoms with Gasteiger partial charge in [0.25, 0.3) is 5.91 Å². The van der Waals surface area contributed by atoms with Crippen LogP contribution < -0.4 is 0 Å². The van der Waals surface area contributed by atoms with E-state index in [1.54, 1.807) is 6.08 Å². The molecule has 0 aliphatic heterocycles. The van der Waals surface area contributed by atoms with Gasteiger partial charge in [-0.3, -0.25) is 4.79 Å². The van der Waals surface area contributed by atoms with Crippen molar-refractivity contribution in [2.75, 3.05) is 13.1 Å². The maximum atomic E-state index is 11.9. The van der Waals surface area contributed by atoms with Gasteiger partial charge in [0.2, 0.25) is 0 Å². The van der Waals surface area contributed by atoms with Crippen molar-refractivity contribution in [1.29, 1.82) is 0 Å². The van der Waals surface area contributed by atoms with Crippen LogP contribution in [0.2, 0.25) is 0 Å². The molecule has 0 aliphatic rings. The summed E-state index contributed by atoms with van der Waals surface area (Å²) < 4.78 is 0. The van der Waals surface area contributed by atoms with Gasteiger partial charge < -0.3 is 4.90 Å². The summed E-state index contributed by atoms with van der Waals surface area (Å²) >= 11 is 0. The summed E-state index contributed by atoms with van der Waals surface area (Å²) in [4.78, 5) is 13.7. The smallest absolute Gasteiger partial charge is 0.253 e. The van der Waals surface area contributed by atoms with Crippen LogP contribution in [-0.4, -0.2) is 23.9 Å². The molecule has 1 rings (SSSR count). The average Bonchev–Trinajstić information content (AvgIpc) is 2.30. The van der Waals surface area contributed by atoms with Crippen molar-refractivity contribution in [1.82, 2.24) is 4.90 Å². The van der Waals surface area contributed by atoms with Crippen LogP contribution >= 0.6 is 0 Å². The molecule has 0 spiro atoms. The molecule has 0 radical (unpaired) electrons. The molecule has 0 bridgehead atoms. The van der Waals surface area contributed by atoms with E-state index in [9.17, 15) is 4.79 Å². The first kappa shape index (κ1) is 11.5. The van der Waals surface area contributed by atoms with E-state index in [4.69, 9.17) is 0 Å². The largest absolute Gasteiger partial charge is 0.339 e. The van der Waals surface area contributed by atoms with Crippen LogP contribution in [0.15, 0.2) is 30.8 Å². The van der Waals surface area contributed by atoms with Crippen molar-refractivity contribution in [2.45, 2.75) is 13.8 Å². The Hall–Kier alpha value is -1.57. The highest BCUT2D eigenvalue weighted by atomic mass is 16.2. The molecule has 2 heteroatoms. The highest BCUT2D eigenvalue weighted by molar-refractivity contribution is 5.94. The molecule has 0 aliphatic carbocycles. The number of nitrogens with zero attached hydrogens (tertiary/aromatic N) is 1. The summed E-state index contributed by atoms with van der Waals surface area (Å²) in [6.07, 6.45) is 1.77. The first-order valence-corrected chi connectivity index (χ1v) is 5.24. The molecule has 0 atom stereocenters. The Morgan fingerprint density at radius 2 is 1.80 bits per heavy atom. The molecule has 0 aromatic heterocycles. The van der Waals surface area contributed by atoms with E-state index >= 15 is 0 Å². The van der Waals surface area contributed by atoms with Crippen molar-refractivity contribution in [2.24, 2.45) is 0 Å². The fourth-order valence-corrected chi connectivity index (χ4v) is 1.46. The third kappa shape index (κ3) is 2.69. The SMILES string of the molecule is C=Cc1ccc(C(=O)N(CC)CC)cc1. The zero-order chi connectivity index (χ0) is 11.3. The molecular weight excluding hydrogens is 186 g/mol. The standard InChI is InChI=1S/C13H17NO/c1-4-11-7-9-12(10-8-11)13(15)14(5-2)6-3/h4,7-10H,1,5-6H2,2-3H3. The fourth-order valence-electron chi connectivity index (χ4n) is 1.46. The lowest BCUT2D eigenvalue weighted by Gasteiger charge is -2.18. The van der Waals surface area contributed by atoms with Crippen LogP contribution in [0, 0.1) is 0 Å². The Morgan fingerprint density at radius 3 is 2.20 bits per heavy atom. The van der Waals surface area contributed by atoms with Gasteiger partial charge in [0.05, 0.1) is 0 Å². The summed E-state index contributed by atoms with van der Waals surface area (Å²) in [5.74, 6) is 0.0932. The zero-order valence-corrected chi connectivity index (χ0v) is 9.36. The van der Waals surface area contributed by atoms with Gasteiger partial charge in [-0.1, -0.05) is 24.8 Å². The molecule has 15 heavy (non-hydrogen) atoms. The molecule has 1 aromatic rings. The van der Waals surface area contributed by atoms with E-state index in [0.29, 0.717) is 0 Å². The number of amides is 1. The van der Waals surface area contributed by atoms with E-state index in [1.807, 2.05) is 43.0 Å². The first-order valence-electron chi connectivity index (χ1n) is 5.24. The number of carbonyl (C=O) groups is 1. The number of hydrogen-bond donors (Lipinski definition) is 0. The van der Waals surface area contributed by atoms with Crippen LogP contribution in [-0.2, 0) is 0 Å². The Balaban J connectivity index is 2.86. The lowest BCUT2D eigenvalue weighted by Crippen LogP contribution is -2.30. The molecule has 80 valence electrons. The van der Waals surface area contributed by atoms with Crippen LogP contribution in [0.5, 0.6) is 0 Å². The Kier molecular flexibility index (Phi) is 4.10. The topological polar surface area (TPSA) is 20.3 Å². The zero-order valence-electron chi connectivity index (χ0n) is 9.36. The van der Waals surface area contributed by atoms with E-state index in [0.717, 1.165) is 24.2 Å². The van der Waals surface area contributed by atoms with Gasteiger partial charge in [-0.2, -0.15) is 0 Å². The monoisotopic (exact) mass is 203 g/mol. The third-order valence-electron chi connectivity index (χ3n) is 2.44. The molecule has 0 heterocycles. The van der Waals surface area contributed by atoms with E-state index in [-0.39, 0.29) is 5.91 Å². The Bertz CT molecular complexity index is 336. The van der Waals surface area contributed by atoms with E-state index < -0.39 is 0 Å². The number of benzene rings is 1. The molecule has 0 unspecified atom stereocenters. The summed E-state index contributed by atoms with van der Waals surface area (Å²) in [5.41, 5.74) is 1.77. The minimum absolute atomic E-state index is 0.0932. The summed E-state index contributed by atoms with van der Waals surface area (Å²) in [6.45, 7) is 9.15. The normalized spacial score (nSPS) is 9.73. The lowest BCUT2D eigenvalue weighted by atomic mass is 10.1. The highest BCUT2D eigenvalue weighted by Crippen LogP contribution is 2.08. The molecule has 0 saturated carbocycles. The van der Waals surface area contributed by atoms with Crippen molar-refractivity contribution >= 4 is 12.0 Å². The van der Waals surface area contributed by atoms with Gasteiger partial charge in [-0.25, -0.2) is 0 Å². The lowest BCUT2D eigenvalue weighted by molar-refractivity contribution is 0.0773. The summed E-state index contributed by atoms with van der Waals surface area (Å²) in [5, 5.41) is 0. The van der Waals surface area contributed by atoms with Crippen molar-refractivity contribution in [3.63, 3.8) is 0 Å². The minimum atomic E-state index is 0.0932. The second kappa shape index (κ2) is 5.35. The Morgan fingerprint density at radius 1 is 1.27 bits per heavy atom. The molecule has 1 aromatic carbocycles. The second-order valence-electron chi connectivity index (χ2n) is 3.30. The van der Waals surface area contributed by atoms with Crippen molar-refractivity contribution in [3.05, 3.63) is 42.0 Å². The minimum Gasteiger partial charge on any atom is -0.339 e. The quantitative estimate of drug-likeness (QED) is 0.737. The van der Waals surface area contributed by atoms with Gasteiger partial charge in [-0.05, 0) is 31.5 Å². The predicted molar refractivity (Wildman–Crippen MR) is 63.8 cm³/mol. The van der Waals surface area contributed by atoms with Gasteiger partial charge >= 0.3 is 0 Å². The highest BCUT2D eigenvalue weighted by Gasteiger charge is 2.11. The van der Waals surface area contributed by atoms with E-state index in [2.05, 4.69) is 6.58 Å². The number of hydrogen-bond acceptors (Lipinski definition) is 1. The molecule has 1 amide bonds. The Labute approximate surface area is 91.2 Å². The van der Waals surface area contributed by atoms with Gasteiger partial charge in [0.15, 0.2) is 0 Å². The van der Waals surface area contributed by atoms with Crippen LogP contribution in [0.3, 0.4) is 0 Å². The molecule has 2 nitrogen and oxygen atoms in total. The van der Waals surface area contributed by atoms with Crippen LogP contribution in [0.25, 0.3) is 6.08 Å². The molecular formula is C13H17NO. The molecule has 0 N–H and O–H groups in total. The van der Waals surface area contributed by atoms with Crippen molar-refractivity contribution in [3.8, 4) is 0 Å². The van der Waals surface area contributed by atoms with Crippen LogP contribution in [0.1, 0.15) is 29.8 Å². The maximum absolute atomic E-state index is 11.9. The molecule has 0 saturated heterocycles. The summed E-state index contributed by atoms with van der Waals surface area (Å²) in [7, 11) is 0. The van der Waals surface area contributed by atoms with Gasteiger partial charge in [0, 0.05) is 18.7 Å². The fraction of sp³-hybridized carbons (Fsp3) is 0.308. The van der Waals surface area contributed by atoms with Crippen LogP contribution in [0.4, 0.5) is 0 Å². The number of carbonyl (C=O) groups excluding carboxylic acids is 1. The van der Waals surface area contributed by atoms with Crippen molar-refractivity contribution < 1.29 is 4.79 Å². The first-order chi connectivity index (χ1) is 7.22. The van der Waals surface area contributed by atoms with Gasteiger partial charge in [-0.15, -0.1) is 0 Å². The molecule has 0 fully saturated rings. The number of rotatable bonds is 4. The third-order valence-corrected chi connectivity index (χ3v) is 2.44. The maximum Gasteiger partial charge on any atom is 0.253 e. The summed E-state index contributed by atoms with van der Waals surface area (Å²) in [6, 6.07) is 7.50. The van der Waals surface area contributed by atoms with E-state index in [1.165, 1.54) is 0 Å². The second-order valence-corrected chi connectivity index (χ2v) is 3.30. The van der Waals surface area contributed by atoms with Gasteiger partial charge in [0.1, 0.15) is 0 Å². The predicted octanol–water partition coefficient (Wildman–Crippen LogP) is 2.81.